The molecule has 1 aromatic carbocycles. The van der Waals surface area contributed by atoms with Gasteiger partial charge in [-0.2, -0.15) is 0 Å². The van der Waals surface area contributed by atoms with Crippen LogP contribution in [0.15, 0.2) is 18.2 Å². The second-order valence-corrected chi connectivity index (χ2v) is 6.04. The average Bonchev–Trinajstić information content (AvgIpc) is 2.93. The first-order valence-electron chi connectivity index (χ1n) is 7.18. The van der Waals surface area contributed by atoms with Crippen LogP contribution >= 0.6 is 11.3 Å². The van der Waals surface area contributed by atoms with E-state index in [1.807, 2.05) is 0 Å². The Labute approximate surface area is 138 Å². The van der Waals surface area contributed by atoms with Gasteiger partial charge >= 0.3 is 5.97 Å². The van der Waals surface area contributed by atoms with Crippen molar-refractivity contribution in [3.63, 3.8) is 0 Å². The molecule has 1 amide bonds. The van der Waals surface area contributed by atoms with Crippen molar-refractivity contribution in [1.82, 2.24) is 4.90 Å². The highest BCUT2D eigenvalue weighted by molar-refractivity contribution is 7.20. The summed E-state index contributed by atoms with van der Waals surface area (Å²) in [7, 11) is 3.12. The normalized spacial score (nSPS) is 10.6. The van der Waals surface area contributed by atoms with Gasteiger partial charge in [-0.3, -0.25) is 9.59 Å². The lowest BCUT2D eigenvalue weighted by Gasteiger charge is -2.15. The van der Waals surface area contributed by atoms with E-state index in [9.17, 15) is 14.7 Å². The number of amides is 1. The van der Waals surface area contributed by atoms with E-state index in [-0.39, 0.29) is 24.0 Å². The van der Waals surface area contributed by atoms with Crippen LogP contribution < -0.4 is 4.74 Å². The van der Waals surface area contributed by atoms with Crippen molar-refractivity contribution in [2.24, 2.45) is 0 Å². The third-order valence-electron chi connectivity index (χ3n) is 3.33. The number of phenolic OH excluding ortho intramolecular Hbond substituents is 1. The van der Waals surface area contributed by atoms with E-state index >= 15 is 0 Å². The Kier molecular flexibility index (Phi) is 5.44. The second-order valence-electron chi connectivity index (χ2n) is 4.95. The predicted molar refractivity (Wildman–Crippen MR) is 88.3 cm³/mol. The average molecular weight is 337 g/mol. The van der Waals surface area contributed by atoms with E-state index in [1.165, 1.54) is 23.3 Å². The zero-order chi connectivity index (χ0) is 17.0. The van der Waals surface area contributed by atoms with Crippen LogP contribution in [0.3, 0.4) is 0 Å². The molecule has 0 spiro atoms. The number of ether oxygens (including phenoxy) is 2. The third-order valence-corrected chi connectivity index (χ3v) is 4.42. The summed E-state index contributed by atoms with van der Waals surface area (Å²) in [5.41, 5.74) is 0. The zero-order valence-corrected chi connectivity index (χ0v) is 14.1. The summed E-state index contributed by atoms with van der Waals surface area (Å²) in [6, 6.07) is 4.99. The number of thiophene rings is 1. The van der Waals surface area contributed by atoms with Crippen LogP contribution in [0.5, 0.6) is 11.5 Å². The maximum Gasteiger partial charge on any atom is 0.307 e. The summed E-state index contributed by atoms with van der Waals surface area (Å²) in [5, 5.41) is 10.6. The number of carbonyl (C=O) groups excluding carboxylic acids is 2. The number of benzene rings is 1. The van der Waals surface area contributed by atoms with Crippen molar-refractivity contribution in [3.05, 3.63) is 23.1 Å². The van der Waals surface area contributed by atoms with Crippen LogP contribution in [0.25, 0.3) is 10.1 Å². The van der Waals surface area contributed by atoms with Gasteiger partial charge in [0, 0.05) is 24.4 Å². The fourth-order valence-corrected chi connectivity index (χ4v) is 3.17. The molecular formula is C16H19NO5S. The summed E-state index contributed by atoms with van der Waals surface area (Å²) in [5.74, 6) is -0.0893. The number of fused-ring (bicyclic) bond motifs is 1. The Morgan fingerprint density at radius 1 is 1.30 bits per heavy atom. The van der Waals surface area contributed by atoms with Crippen molar-refractivity contribution in [1.29, 1.82) is 0 Å². The van der Waals surface area contributed by atoms with Crippen molar-refractivity contribution >= 4 is 33.3 Å². The molecule has 1 N–H and O–H groups in total. The van der Waals surface area contributed by atoms with E-state index < -0.39 is 0 Å². The van der Waals surface area contributed by atoms with E-state index in [2.05, 4.69) is 0 Å². The van der Waals surface area contributed by atoms with Crippen LogP contribution in [-0.2, 0) is 9.53 Å². The van der Waals surface area contributed by atoms with Gasteiger partial charge in [0.25, 0.3) is 5.91 Å². The smallest absolute Gasteiger partial charge is 0.307 e. The van der Waals surface area contributed by atoms with Crippen molar-refractivity contribution in [2.45, 2.75) is 13.3 Å². The first-order valence-corrected chi connectivity index (χ1v) is 7.99. The highest BCUT2D eigenvalue weighted by atomic mass is 32.1. The van der Waals surface area contributed by atoms with Gasteiger partial charge in [0.05, 0.1) is 25.0 Å². The molecule has 0 unspecified atom stereocenters. The minimum atomic E-state index is -0.321. The molecule has 0 fully saturated rings. The Hall–Kier alpha value is -2.28. The molecule has 7 heteroatoms. The molecule has 1 heterocycles. The minimum absolute atomic E-state index is 0.0347. The second kappa shape index (κ2) is 7.32. The van der Waals surface area contributed by atoms with Gasteiger partial charge < -0.3 is 19.5 Å². The lowest BCUT2D eigenvalue weighted by atomic mass is 10.2. The standard InChI is InChI=1S/C16H19NO5S/c1-4-22-15(19)5-6-17(2)16(20)14-8-10-7-11(18)12(21-3)9-13(10)23-14/h7-9,18H,4-6H2,1-3H3. The number of hydrogen-bond acceptors (Lipinski definition) is 6. The largest absolute Gasteiger partial charge is 0.504 e. The van der Waals surface area contributed by atoms with Crippen LogP contribution in [0.4, 0.5) is 0 Å². The Bertz CT molecular complexity index is 725. The topological polar surface area (TPSA) is 76.1 Å². The number of methoxy groups -OCH3 is 1. The molecule has 1 aromatic heterocycles. The van der Waals surface area contributed by atoms with Gasteiger partial charge in [-0.1, -0.05) is 0 Å². The minimum Gasteiger partial charge on any atom is -0.504 e. The lowest BCUT2D eigenvalue weighted by molar-refractivity contribution is -0.143. The number of carbonyl (C=O) groups is 2. The molecule has 2 aromatic rings. The molecule has 6 nitrogen and oxygen atoms in total. The van der Waals surface area contributed by atoms with Crippen molar-refractivity contribution in [2.75, 3.05) is 27.3 Å². The number of esters is 1. The molecule has 124 valence electrons. The van der Waals surface area contributed by atoms with E-state index in [1.54, 1.807) is 32.2 Å². The maximum absolute atomic E-state index is 12.4. The van der Waals surface area contributed by atoms with Crippen LogP contribution in [-0.4, -0.2) is 49.2 Å². The van der Waals surface area contributed by atoms with Crippen molar-refractivity contribution in [3.8, 4) is 11.5 Å². The van der Waals surface area contributed by atoms with E-state index in [0.717, 1.165) is 10.1 Å². The molecule has 23 heavy (non-hydrogen) atoms. The van der Waals surface area contributed by atoms with Gasteiger partial charge in [0.15, 0.2) is 11.5 Å². The molecule has 0 aliphatic heterocycles. The van der Waals surface area contributed by atoms with Crippen LogP contribution in [0.2, 0.25) is 0 Å². The SMILES string of the molecule is CCOC(=O)CCN(C)C(=O)c1cc2cc(O)c(OC)cc2s1. The summed E-state index contributed by atoms with van der Waals surface area (Å²) >= 11 is 1.32. The zero-order valence-electron chi connectivity index (χ0n) is 13.3. The van der Waals surface area contributed by atoms with E-state index in [4.69, 9.17) is 9.47 Å². The summed E-state index contributed by atoms with van der Waals surface area (Å²) in [6.45, 7) is 2.37. The Morgan fingerprint density at radius 3 is 2.70 bits per heavy atom. The van der Waals surface area contributed by atoms with E-state index in [0.29, 0.717) is 23.8 Å². The summed E-state index contributed by atoms with van der Waals surface area (Å²) < 4.78 is 10.8. The number of rotatable bonds is 6. The highest BCUT2D eigenvalue weighted by Crippen LogP contribution is 2.35. The Morgan fingerprint density at radius 2 is 2.04 bits per heavy atom. The molecule has 0 bridgehead atoms. The number of aromatic hydroxyl groups is 1. The first kappa shape index (κ1) is 17.1. The molecule has 0 aliphatic rings. The number of hydrogen-bond donors (Lipinski definition) is 1. The molecule has 0 aliphatic carbocycles. The van der Waals surface area contributed by atoms with Crippen LogP contribution in [0.1, 0.15) is 23.0 Å². The Balaban J connectivity index is 2.12. The molecular weight excluding hydrogens is 318 g/mol. The molecule has 0 atom stereocenters. The fourth-order valence-electron chi connectivity index (χ4n) is 2.11. The molecule has 0 saturated heterocycles. The van der Waals surface area contributed by atoms with Gasteiger partial charge in [-0.25, -0.2) is 0 Å². The van der Waals surface area contributed by atoms with Gasteiger partial charge in [0.2, 0.25) is 0 Å². The number of phenols is 1. The molecule has 2 rings (SSSR count). The predicted octanol–water partition coefficient (Wildman–Crippen LogP) is 2.64. The highest BCUT2D eigenvalue weighted by Gasteiger charge is 2.17. The monoisotopic (exact) mass is 337 g/mol. The van der Waals surface area contributed by atoms with Gasteiger partial charge in [-0.15, -0.1) is 11.3 Å². The fraction of sp³-hybridized carbons (Fsp3) is 0.375. The summed E-state index contributed by atoms with van der Waals surface area (Å²) in [4.78, 5) is 25.8. The number of nitrogens with zero attached hydrogens (tertiary/aromatic N) is 1. The quantitative estimate of drug-likeness (QED) is 0.820. The van der Waals surface area contributed by atoms with Crippen LogP contribution in [0, 0.1) is 0 Å². The lowest BCUT2D eigenvalue weighted by Crippen LogP contribution is -2.28. The van der Waals surface area contributed by atoms with Gasteiger partial charge in [-0.05, 0) is 24.4 Å². The summed E-state index contributed by atoms with van der Waals surface area (Å²) in [6.07, 6.45) is 0.162. The molecule has 0 radical (unpaired) electrons. The molecule has 0 saturated carbocycles. The first-order chi connectivity index (χ1) is 11.0. The van der Waals surface area contributed by atoms with Crippen molar-refractivity contribution < 1.29 is 24.2 Å². The van der Waals surface area contributed by atoms with Gasteiger partial charge in [0.1, 0.15) is 0 Å². The maximum atomic E-state index is 12.4. The third kappa shape index (κ3) is 3.92.